The Morgan fingerprint density at radius 2 is 1.72 bits per heavy atom. The first kappa shape index (κ1) is 16.6. The first-order chi connectivity index (χ1) is 12.1. The van der Waals surface area contributed by atoms with Crippen LogP contribution in [0.2, 0.25) is 0 Å². The summed E-state index contributed by atoms with van der Waals surface area (Å²) in [6.07, 6.45) is 1.64. The Morgan fingerprint density at radius 1 is 1.00 bits per heavy atom. The Kier molecular flexibility index (Phi) is 5.04. The normalized spacial score (nSPS) is 11.6. The molecule has 0 saturated heterocycles. The molecule has 1 aromatic heterocycles. The van der Waals surface area contributed by atoms with Crippen LogP contribution in [0.25, 0.3) is 0 Å². The molecule has 25 heavy (non-hydrogen) atoms. The lowest BCUT2D eigenvalue weighted by Gasteiger charge is -2.15. The maximum absolute atomic E-state index is 13.6. The van der Waals surface area contributed by atoms with Gasteiger partial charge in [-0.15, -0.1) is 0 Å². The third-order valence-electron chi connectivity index (χ3n) is 3.81. The van der Waals surface area contributed by atoms with Crippen molar-refractivity contribution in [2.45, 2.75) is 13.0 Å². The van der Waals surface area contributed by atoms with E-state index in [0.717, 1.165) is 5.69 Å². The van der Waals surface area contributed by atoms with Crippen molar-refractivity contribution in [1.82, 2.24) is 4.98 Å². The molecule has 0 aliphatic rings. The minimum Gasteiger partial charge on any atom is -0.377 e. The predicted octanol–water partition coefficient (Wildman–Crippen LogP) is 4.65. The number of aromatic nitrogens is 1. The molecule has 1 heterocycles. The summed E-state index contributed by atoms with van der Waals surface area (Å²) in [6, 6.07) is 19.5. The summed E-state index contributed by atoms with van der Waals surface area (Å²) in [5, 5.41) is 5.94. The molecule has 0 saturated carbocycles. The van der Waals surface area contributed by atoms with E-state index in [4.69, 9.17) is 0 Å². The van der Waals surface area contributed by atoms with Gasteiger partial charge in [0, 0.05) is 6.04 Å². The number of amides is 1. The molecule has 0 aliphatic heterocycles. The Morgan fingerprint density at radius 3 is 2.40 bits per heavy atom. The molecule has 0 fully saturated rings. The molecule has 0 aliphatic carbocycles. The van der Waals surface area contributed by atoms with E-state index in [1.54, 1.807) is 24.4 Å². The maximum Gasteiger partial charge on any atom is 0.259 e. The lowest BCUT2D eigenvalue weighted by atomic mass is 10.1. The number of nitrogens with zero attached hydrogens (tertiary/aromatic N) is 1. The Balaban J connectivity index is 1.64. The van der Waals surface area contributed by atoms with Crippen molar-refractivity contribution in [3.8, 4) is 0 Å². The molecule has 3 rings (SSSR count). The van der Waals surface area contributed by atoms with Crippen molar-refractivity contribution < 1.29 is 9.18 Å². The molecular formula is C20H18FN3O. The summed E-state index contributed by atoms with van der Waals surface area (Å²) in [7, 11) is 0. The molecule has 4 nitrogen and oxygen atoms in total. The number of nitrogens with one attached hydrogen (secondary N) is 2. The summed E-state index contributed by atoms with van der Waals surface area (Å²) >= 11 is 0. The Hall–Kier alpha value is -3.21. The highest BCUT2D eigenvalue weighted by Gasteiger charge is 2.11. The van der Waals surface area contributed by atoms with Gasteiger partial charge in [0.05, 0.1) is 17.4 Å². The molecule has 0 bridgehead atoms. The second-order valence-electron chi connectivity index (χ2n) is 5.64. The van der Waals surface area contributed by atoms with Gasteiger partial charge >= 0.3 is 0 Å². The van der Waals surface area contributed by atoms with Gasteiger partial charge in [0.1, 0.15) is 11.6 Å². The van der Waals surface area contributed by atoms with Crippen LogP contribution in [0.15, 0.2) is 72.9 Å². The lowest BCUT2D eigenvalue weighted by molar-refractivity contribution is 0.102. The lowest BCUT2D eigenvalue weighted by Crippen LogP contribution is -2.14. The Labute approximate surface area is 145 Å². The third kappa shape index (κ3) is 4.20. The number of carbonyl (C=O) groups excluding carboxylic acids is 1. The quantitative estimate of drug-likeness (QED) is 0.714. The zero-order valence-electron chi connectivity index (χ0n) is 13.7. The average Bonchev–Trinajstić information content (AvgIpc) is 2.64. The van der Waals surface area contributed by atoms with Gasteiger partial charge in [-0.1, -0.05) is 42.5 Å². The monoisotopic (exact) mass is 335 g/mol. The van der Waals surface area contributed by atoms with E-state index in [0.29, 0.717) is 5.82 Å². The molecule has 1 atom stereocenters. The summed E-state index contributed by atoms with van der Waals surface area (Å²) in [5.74, 6) is -0.717. The van der Waals surface area contributed by atoms with E-state index in [2.05, 4.69) is 22.5 Å². The second-order valence-corrected chi connectivity index (χ2v) is 5.64. The molecular weight excluding hydrogens is 317 g/mol. The van der Waals surface area contributed by atoms with E-state index in [1.807, 2.05) is 36.4 Å². The first-order valence-corrected chi connectivity index (χ1v) is 7.97. The molecule has 3 aromatic rings. The van der Waals surface area contributed by atoms with Gasteiger partial charge in [-0.3, -0.25) is 4.79 Å². The standard InChI is InChI=1S/C20H18FN3O/c1-14(15-7-3-2-4-8-15)23-16-11-12-19(22-13-16)24-20(25)17-9-5-6-10-18(17)21/h2-14,23H,1H3,(H,22,24,25). The molecule has 0 radical (unpaired) electrons. The van der Waals surface area contributed by atoms with Crippen molar-refractivity contribution in [2.75, 3.05) is 10.6 Å². The van der Waals surface area contributed by atoms with Gasteiger partial charge < -0.3 is 10.6 Å². The van der Waals surface area contributed by atoms with Crippen LogP contribution in [-0.2, 0) is 0 Å². The number of benzene rings is 2. The van der Waals surface area contributed by atoms with E-state index in [-0.39, 0.29) is 11.6 Å². The van der Waals surface area contributed by atoms with E-state index < -0.39 is 11.7 Å². The molecule has 1 unspecified atom stereocenters. The fourth-order valence-electron chi connectivity index (χ4n) is 2.46. The van der Waals surface area contributed by atoms with Gasteiger partial charge in [-0.05, 0) is 36.8 Å². The SMILES string of the molecule is CC(Nc1ccc(NC(=O)c2ccccc2F)nc1)c1ccccc1. The van der Waals surface area contributed by atoms with Gasteiger partial charge in [0.15, 0.2) is 0 Å². The van der Waals surface area contributed by atoms with Crippen LogP contribution in [0.4, 0.5) is 15.9 Å². The maximum atomic E-state index is 13.6. The first-order valence-electron chi connectivity index (χ1n) is 7.97. The van der Waals surface area contributed by atoms with Gasteiger partial charge in [0.25, 0.3) is 5.91 Å². The van der Waals surface area contributed by atoms with Gasteiger partial charge in [-0.25, -0.2) is 9.37 Å². The van der Waals surface area contributed by atoms with Crippen LogP contribution in [0.1, 0.15) is 28.9 Å². The van der Waals surface area contributed by atoms with Crippen LogP contribution < -0.4 is 10.6 Å². The number of hydrogen-bond donors (Lipinski definition) is 2. The van der Waals surface area contributed by atoms with Crippen molar-refractivity contribution in [1.29, 1.82) is 0 Å². The highest BCUT2D eigenvalue weighted by atomic mass is 19.1. The van der Waals surface area contributed by atoms with Crippen molar-refractivity contribution in [2.24, 2.45) is 0 Å². The van der Waals surface area contributed by atoms with Crippen molar-refractivity contribution in [3.05, 3.63) is 89.9 Å². The average molecular weight is 335 g/mol. The molecule has 1 amide bonds. The van der Waals surface area contributed by atoms with E-state index >= 15 is 0 Å². The minimum absolute atomic E-state index is 0.01000. The molecule has 5 heteroatoms. The van der Waals surface area contributed by atoms with Crippen LogP contribution in [0, 0.1) is 5.82 Å². The highest BCUT2D eigenvalue weighted by Crippen LogP contribution is 2.19. The van der Waals surface area contributed by atoms with Gasteiger partial charge in [0.2, 0.25) is 0 Å². The minimum atomic E-state index is -0.560. The molecule has 0 spiro atoms. The highest BCUT2D eigenvalue weighted by molar-refractivity contribution is 6.03. The third-order valence-corrected chi connectivity index (χ3v) is 3.81. The van der Waals surface area contributed by atoms with Crippen molar-refractivity contribution in [3.63, 3.8) is 0 Å². The largest absolute Gasteiger partial charge is 0.377 e. The fourth-order valence-corrected chi connectivity index (χ4v) is 2.46. The van der Waals surface area contributed by atoms with Crippen molar-refractivity contribution >= 4 is 17.4 Å². The number of carbonyl (C=O) groups is 1. The van der Waals surface area contributed by atoms with Crippen LogP contribution >= 0.6 is 0 Å². The topological polar surface area (TPSA) is 54.0 Å². The predicted molar refractivity (Wildman–Crippen MR) is 97.1 cm³/mol. The van der Waals surface area contributed by atoms with Gasteiger partial charge in [-0.2, -0.15) is 0 Å². The molecule has 126 valence electrons. The zero-order chi connectivity index (χ0) is 17.6. The second kappa shape index (κ2) is 7.57. The number of anilines is 2. The molecule has 2 N–H and O–H groups in total. The number of pyridine rings is 1. The Bertz CT molecular complexity index is 850. The van der Waals surface area contributed by atoms with Crippen LogP contribution in [-0.4, -0.2) is 10.9 Å². The zero-order valence-corrected chi connectivity index (χ0v) is 13.7. The number of halogens is 1. The molecule has 2 aromatic carbocycles. The summed E-state index contributed by atoms with van der Waals surface area (Å²) < 4.78 is 13.6. The summed E-state index contributed by atoms with van der Waals surface area (Å²) in [6.45, 7) is 2.06. The summed E-state index contributed by atoms with van der Waals surface area (Å²) in [5.41, 5.74) is 1.99. The van der Waals surface area contributed by atoms with Crippen LogP contribution in [0.3, 0.4) is 0 Å². The summed E-state index contributed by atoms with van der Waals surface area (Å²) in [4.78, 5) is 16.3. The van der Waals surface area contributed by atoms with Crippen LogP contribution in [0.5, 0.6) is 0 Å². The number of rotatable bonds is 5. The van der Waals surface area contributed by atoms with E-state index in [1.165, 1.54) is 17.7 Å². The smallest absolute Gasteiger partial charge is 0.259 e. The number of hydrogen-bond acceptors (Lipinski definition) is 3. The van der Waals surface area contributed by atoms with E-state index in [9.17, 15) is 9.18 Å². The fraction of sp³-hybridized carbons (Fsp3) is 0.100.